The lowest BCUT2D eigenvalue weighted by Gasteiger charge is -2.19. The number of hydrogen-bond donors (Lipinski definition) is 1. The summed E-state index contributed by atoms with van der Waals surface area (Å²) in [6.07, 6.45) is 0. The van der Waals surface area contributed by atoms with E-state index in [1.54, 1.807) is 11.3 Å². The summed E-state index contributed by atoms with van der Waals surface area (Å²) in [4.78, 5) is 5.69. The Morgan fingerprint density at radius 2 is 1.83 bits per heavy atom. The predicted molar refractivity (Wildman–Crippen MR) is 78.3 cm³/mol. The number of aryl methyl sites for hydroxylation is 3. The first-order valence-electron chi connectivity index (χ1n) is 6.33. The number of hydrogen-bond acceptors (Lipinski definition) is 3. The first kappa shape index (κ1) is 13.2. The topological polar surface area (TPSA) is 24.9 Å². The molecule has 0 amide bonds. The van der Waals surface area contributed by atoms with Crippen LogP contribution >= 0.6 is 11.3 Å². The van der Waals surface area contributed by atoms with E-state index >= 15 is 0 Å². The van der Waals surface area contributed by atoms with Crippen molar-refractivity contribution >= 4 is 11.3 Å². The highest BCUT2D eigenvalue weighted by Crippen LogP contribution is 2.29. The van der Waals surface area contributed by atoms with E-state index in [2.05, 4.69) is 56.2 Å². The number of thiazole rings is 1. The lowest BCUT2D eigenvalue weighted by Crippen LogP contribution is -2.22. The monoisotopic (exact) mass is 260 g/mol. The van der Waals surface area contributed by atoms with Crippen LogP contribution in [0.2, 0.25) is 0 Å². The fraction of sp³-hybridized carbons (Fsp3) is 0.400. The van der Waals surface area contributed by atoms with E-state index in [9.17, 15) is 0 Å². The summed E-state index contributed by atoms with van der Waals surface area (Å²) in [6, 6.07) is 7.01. The minimum Gasteiger partial charge on any atom is -0.306 e. The predicted octanol–water partition coefficient (Wildman–Crippen LogP) is 3.77. The lowest BCUT2D eigenvalue weighted by atomic mass is 9.99. The number of aromatic nitrogens is 1. The molecule has 0 radical (unpaired) electrons. The van der Waals surface area contributed by atoms with Crippen LogP contribution in [0.1, 0.15) is 40.2 Å². The van der Waals surface area contributed by atoms with Gasteiger partial charge in [-0.15, -0.1) is 11.3 Å². The quantitative estimate of drug-likeness (QED) is 0.905. The van der Waals surface area contributed by atoms with Gasteiger partial charge in [0.05, 0.1) is 17.2 Å². The van der Waals surface area contributed by atoms with Crippen LogP contribution in [-0.4, -0.2) is 11.5 Å². The molecule has 1 unspecified atom stereocenters. The van der Waals surface area contributed by atoms with E-state index in [4.69, 9.17) is 0 Å². The minimum absolute atomic E-state index is 0.265. The minimum atomic E-state index is 0.265. The van der Waals surface area contributed by atoms with E-state index in [0.29, 0.717) is 0 Å². The fourth-order valence-electron chi connectivity index (χ4n) is 2.33. The highest BCUT2D eigenvalue weighted by Gasteiger charge is 2.17. The Morgan fingerprint density at radius 1 is 1.17 bits per heavy atom. The van der Waals surface area contributed by atoms with Crippen molar-refractivity contribution in [2.24, 2.45) is 0 Å². The standard InChI is InChI=1S/C15H20N2S/c1-5-16-14(15-12(4)17-9-18-15)13-7-10(2)6-11(3)8-13/h6-9,14,16H,5H2,1-4H3. The molecule has 0 aliphatic heterocycles. The molecular weight excluding hydrogens is 240 g/mol. The molecule has 2 aromatic rings. The third kappa shape index (κ3) is 2.79. The van der Waals surface area contributed by atoms with Crippen molar-refractivity contribution in [3.63, 3.8) is 0 Å². The Bertz CT molecular complexity index is 511. The second kappa shape index (κ2) is 5.63. The van der Waals surface area contributed by atoms with E-state index in [1.165, 1.54) is 21.6 Å². The fourth-order valence-corrected chi connectivity index (χ4v) is 3.23. The molecule has 1 N–H and O–H groups in total. The highest BCUT2D eigenvalue weighted by molar-refractivity contribution is 7.09. The van der Waals surface area contributed by atoms with Crippen LogP contribution in [-0.2, 0) is 0 Å². The molecule has 2 nitrogen and oxygen atoms in total. The molecule has 1 aromatic heterocycles. The van der Waals surface area contributed by atoms with Gasteiger partial charge >= 0.3 is 0 Å². The van der Waals surface area contributed by atoms with Crippen LogP contribution in [0, 0.1) is 20.8 Å². The maximum atomic E-state index is 4.37. The molecule has 0 aliphatic rings. The van der Waals surface area contributed by atoms with Gasteiger partial charge < -0.3 is 5.32 Å². The maximum Gasteiger partial charge on any atom is 0.0798 e. The third-order valence-corrected chi connectivity index (χ3v) is 4.03. The zero-order valence-electron chi connectivity index (χ0n) is 11.4. The van der Waals surface area contributed by atoms with Crippen molar-refractivity contribution in [3.8, 4) is 0 Å². The average molecular weight is 260 g/mol. The first-order chi connectivity index (χ1) is 8.61. The Balaban J connectivity index is 2.44. The summed E-state index contributed by atoms with van der Waals surface area (Å²) < 4.78 is 0. The molecule has 1 atom stereocenters. The molecule has 0 saturated carbocycles. The van der Waals surface area contributed by atoms with Gasteiger partial charge in [-0.1, -0.05) is 36.2 Å². The largest absolute Gasteiger partial charge is 0.306 e. The molecule has 0 aliphatic carbocycles. The van der Waals surface area contributed by atoms with E-state index in [1.807, 2.05) is 5.51 Å². The Labute approximate surface area is 113 Å². The summed E-state index contributed by atoms with van der Waals surface area (Å²) >= 11 is 1.73. The summed E-state index contributed by atoms with van der Waals surface area (Å²) in [5.74, 6) is 0. The van der Waals surface area contributed by atoms with Gasteiger partial charge in [-0.05, 0) is 32.9 Å². The SMILES string of the molecule is CCNC(c1cc(C)cc(C)c1)c1scnc1C. The molecule has 0 fully saturated rings. The molecule has 0 bridgehead atoms. The smallest absolute Gasteiger partial charge is 0.0798 e. The van der Waals surface area contributed by atoms with Crippen LogP contribution in [0.25, 0.3) is 0 Å². The van der Waals surface area contributed by atoms with Crippen molar-refractivity contribution in [2.75, 3.05) is 6.54 Å². The highest BCUT2D eigenvalue weighted by atomic mass is 32.1. The van der Waals surface area contributed by atoms with Gasteiger partial charge in [0, 0.05) is 4.88 Å². The molecular formula is C15H20N2S. The van der Waals surface area contributed by atoms with E-state index in [-0.39, 0.29) is 6.04 Å². The van der Waals surface area contributed by atoms with Crippen LogP contribution in [0.5, 0.6) is 0 Å². The van der Waals surface area contributed by atoms with Crippen molar-refractivity contribution < 1.29 is 0 Å². The Hall–Kier alpha value is -1.19. The maximum absolute atomic E-state index is 4.37. The number of rotatable bonds is 4. The van der Waals surface area contributed by atoms with E-state index in [0.717, 1.165) is 12.2 Å². The van der Waals surface area contributed by atoms with Crippen LogP contribution < -0.4 is 5.32 Å². The number of nitrogens with zero attached hydrogens (tertiary/aromatic N) is 1. The normalized spacial score (nSPS) is 12.7. The van der Waals surface area contributed by atoms with Crippen LogP contribution in [0.15, 0.2) is 23.7 Å². The second-order valence-corrected chi connectivity index (χ2v) is 5.60. The molecule has 3 heteroatoms. The van der Waals surface area contributed by atoms with Gasteiger partial charge in [0.1, 0.15) is 0 Å². The molecule has 2 rings (SSSR count). The summed E-state index contributed by atoms with van der Waals surface area (Å²) in [6.45, 7) is 9.48. The summed E-state index contributed by atoms with van der Waals surface area (Å²) in [5.41, 5.74) is 7.02. The Kier molecular flexibility index (Phi) is 4.15. The third-order valence-electron chi connectivity index (χ3n) is 3.03. The summed E-state index contributed by atoms with van der Waals surface area (Å²) in [5, 5.41) is 3.57. The van der Waals surface area contributed by atoms with Crippen LogP contribution in [0.4, 0.5) is 0 Å². The van der Waals surface area contributed by atoms with Crippen molar-refractivity contribution in [1.82, 2.24) is 10.3 Å². The molecule has 0 spiro atoms. The molecule has 1 aromatic carbocycles. The number of benzene rings is 1. The first-order valence-corrected chi connectivity index (χ1v) is 7.21. The van der Waals surface area contributed by atoms with Gasteiger partial charge in [-0.3, -0.25) is 0 Å². The molecule has 0 saturated heterocycles. The number of nitrogens with one attached hydrogen (secondary N) is 1. The summed E-state index contributed by atoms with van der Waals surface area (Å²) in [7, 11) is 0. The second-order valence-electron chi connectivity index (χ2n) is 4.71. The van der Waals surface area contributed by atoms with Gasteiger partial charge in [-0.25, -0.2) is 4.98 Å². The van der Waals surface area contributed by atoms with E-state index < -0.39 is 0 Å². The molecule has 96 valence electrons. The Morgan fingerprint density at radius 3 is 2.33 bits per heavy atom. The van der Waals surface area contributed by atoms with Gasteiger partial charge in [0.2, 0.25) is 0 Å². The molecule has 1 heterocycles. The van der Waals surface area contributed by atoms with Gasteiger partial charge in [0.15, 0.2) is 0 Å². The van der Waals surface area contributed by atoms with Crippen molar-refractivity contribution in [1.29, 1.82) is 0 Å². The lowest BCUT2D eigenvalue weighted by molar-refractivity contribution is 0.635. The van der Waals surface area contributed by atoms with Gasteiger partial charge in [0.25, 0.3) is 0 Å². The zero-order chi connectivity index (χ0) is 13.1. The van der Waals surface area contributed by atoms with Crippen molar-refractivity contribution in [3.05, 3.63) is 51.0 Å². The molecule has 18 heavy (non-hydrogen) atoms. The zero-order valence-corrected chi connectivity index (χ0v) is 12.3. The van der Waals surface area contributed by atoms with Crippen LogP contribution in [0.3, 0.4) is 0 Å². The average Bonchev–Trinajstić information content (AvgIpc) is 2.71. The van der Waals surface area contributed by atoms with Crippen molar-refractivity contribution in [2.45, 2.75) is 33.7 Å². The van der Waals surface area contributed by atoms with Gasteiger partial charge in [-0.2, -0.15) is 0 Å².